The van der Waals surface area contributed by atoms with Gasteiger partial charge in [0.15, 0.2) is 0 Å². The largest absolute Gasteiger partial charge is 0.324 e. The Hall–Kier alpha value is -0.300. The van der Waals surface area contributed by atoms with E-state index in [9.17, 15) is 0 Å². The van der Waals surface area contributed by atoms with Gasteiger partial charge in [-0.1, -0.05) is 18.6 Å². The van der Waals surface area contributed by atoms with E-state index >= 15 is 0 Å². The van der Waals surface area contributed by atoms with Crippen LogP contribution in [0, 0.1) is 0 Å². The summed E-state index contributed by atoms with van der Waals surface area (Å²) in [7, 11) is 0. The normalized spacial score (nSPS) is 16.2. The number of hydrogen-bond acceptors (Lipinski definition) is 1. The lowest BCUT2D eigenvalue weighted by Gasteiger charge is -2.02. The molecule has 0 rings (SSSR count). The average Bonchev–Trinajstić information content (AvgIpc) is 1.67. The van der Waals surface area contributed by atoms with Crippen molar-refractivity contribution in [3.63, 3.8) is 0 Å². The van der Waals surface area contributed by atoms with Gasteiger partial charge in [-0.05, 0) is 20.3 Å². The highest BCUT2D eigenvalue weighted by molar-refractivity contribution is 5.03. The molecule has 0 aromatic carbocycles. The smallest absolute Gasteiger partial charge is 0.0222 e. The maximum Gasteiger partial charge on any atom is 0.0222 e. The second kappa shape index (κ2) is 3.67. The first-order chi connectivity index (χ1) is 3.68. The maximum absolute atomic E-state index is 5.55. The van der Waals surface area contributed by atoms with Gasteiger partial charge in [0.25, 0.3) is 0 Å². The summed E-state index contributed by atoms with van der Waals surface area (Å²) in [6.07, 6.45) is 3.25. The zero-order valence-corrected chi connectivity index (χ0v) is 5.94. The fourth-order valence-corrected chi connectivity index (χ4v) is 0.508. The molecule has 0 saturated heterocycles. The molecule has 0 bridgehead atoms. The van der Waals surface area contributed by atoms with Crippen molar-refractivity contribution in [2.45, 2.75) is 33.2 Å². The van der Waals surface area contributed by atoms with E-state index in [0.29, 0.717) is 0 Å². The Morgan fingerprint density at radius 3 is 2.38 bits per heavy atom. The van der Waals surface area contributed by atoms with E-state index in [4.69, 9.17) is 5.73 Å². The van der Waals surface area contributed by atoms with Gasteiger partial charge in [-0.15, -0.1) is 0 Å². The second-order valence-corrected chi connectivity index (χ2v) is 2.15. The number of rotatable bonds is 2. The van der Waals surface area contributed by atoms with E-state index in [-0.39, 0.29) is 6.04 Å². The van der Waals surface area contributed by atoms with Crippen LogP contribution in [-0.4, -0.2) is 6.04 Å². The molecule has 0 aliphatic carbocycles. The predicted octanol–water partition coefficient (Wildman–Crippen LogP) is 1.69. The summed E-state index contributed by atoms with van der Waals surface area (Å²) in [4.78, 5) is 0. The first-order valence-electron chi connectivity index (χ1n) is 3.10. The zero-order valence-electron chi connectivity index (χ0n) is 5.94. The van der Waals surface area contributed by atoms with Gasteiger partial charge in [-0.2, -0.15) is 0 Å². The summed E-state index contributed by atoms with van der Waals surface area (Å²) in [5, 5.41) is 0. The van der Waals surface area contributed by atoms with Gasteiger partial charge >= 0.3 is 0 Å². The molecule has 0 heterocycles. The van der Waals surface area contributed by atoms with Gasteiger partial charge in [-0.25, -0.2) is 0 Å². The highest BCUT2D eigenvalue weighted by Gasteiger charge is 1.91. The second-order valence-electron chi connectivity index (χ2n) is 2.15. The Balaban J connectivity index is 3.61. The first-order valence-corrected chi connectivity index (χ1v) is 3.10. The summed E-state index contributed by atoms with van der Waals surface area (Å²) in [5.41, 5.74) is 6.84. The fraction of sp³-hybridized carbons (Fsp3) is 0.714. The molecule has 0 spiro atoms. The molecule has 0 fully saturated rings. The summed E-state index contributed by atoms with van der Waals surface area (Å²) in [6, 6.07) is 0.231. The van der Waals surface area contributed by atoms with E-state index < -0.39 is 0 Å². The van der Waals surface area contributed by atoms with Crippen LogP contribution in [0.2, 0.25) is 0 Å². The lowest BCUT2D eigenvalue weighted by Crippen LogP contribution is -2.15. The highest BCUT2D eigenvalue weighted by atomic mass is 14.6. The monoisotopic (exact) mass is 113 g/mol. The molecular weight excluding hydrogens is 98.1 g/mol. The van der Waals surface area contributed by atoms with Crippen LogP contribution in [0.5, 0.6) is 0 Å². The van der Waals surface area contributed by atoms with Crippen molar-refractivity contribution < 1.29 is 0 Å². The van der Waals surface area contributed by atoms with Gasteiger partial charge < -0.3 is 5.73 Å². The van der Waals surface area contributed by atoms with E-state index in [0.717, 1.165) is 6.42 Å². The SMILES string of the molecule is CC/C=C(/C)C(C)N. The maximum atomic E-state index is 5.55. The third kappa shape index (κ3) is 2.80. The quantitative estimate of drug-likeness (QED) is 0.542. The standard InChI is InChI=1S/C7H15N/c1-4-5-6(2)7(3)8/h5,7H,4,8H2,1-3H3/b6-5-. The van der Waals surface area contributed by atoms with Crippen LogP contribution >= 0.6 is 0 Å². The summed E-state index contributed by atoms with van der Waals surface area (Å²) in [6.45, 7) is 6.18. The van der Waals surface area contributed by atoms with Crippen molar-refractivity contribution in [2.75, 3.05) is 0 Å². The molecule has 0 aromatic rings. The van der Waals surface area contributed by atoms with Crippen molar-refractivity contribution in [1.29, 1.82) is 0 Å². The Kier molecular flexibility index (Phi) is 3.53. The molecule has 0 aliphatic rings. The average molecular weight is 113 g/mol. The van der Waals surface area contributed by atoms with Gasteiger partial charge in [-0.3, -0.25) is 0 Å². The summed E-state index contributed by atoms with van der Waals surface area (Å²) in [5.74, 6) is 0. The van der Waals surface area contributed by atoms with E-state index in [2.05, 4.69) is 19.9 Å². The predicted molar refractivity (Wildman–Crippen MR) is 37.7 cm³/mol. The number of allylic oxidation sites excluding steroid dienone is 1. The molecule has 1 unspecified atom stereocenters. The minimum absolute atomic E-state index is 0.231. The molecule has 1 heteroatoms. The van der Waals surface area contributed by atoms with E-state index in [1.54, 1.807) is 0 Å². The van der Waals surface area contributed by atoms with Gasteiger partial charge in [0.05, 0.1) is 0 Å². The van der Waals surface area contributed by atoms with Crippen LogP contribution < -0.4 is 5.73 Å². The van der Waals surface area contributed by atoms with Crippen molar-refractivity contribution in [1.82, 2.24) is 0 Å². The molecule has 0 aromatic heterocycles. The van der Waals surface area contributed by atoms with E-state index in [1.165, 1.54) is 5.57 Å². The van der Waals surface area contributed by atoms with Crippen LogP contribution in [0.15, 0.2) is 11.6 Å². The molecule has 1 nitrogen and oxygen atoms in total. The fourth-order valence-electron chi connectivity index (χ4n) is 0.508. The van der Waals surface area contributed by atoms with Gasteiger partial charge in [0, 0.05) is 6.04 Å². The van der Waals surface area contributed by atoms with E-state index in [1.807, 2.05) is 6.92 Å². The third-order valence-electron chi connectivity index (χ3n) is 1.24. The summed E-state index contributed by atoms with van der Waals surface area (Å²) < 4.78 is 0. The van der Waals surface area contributed by atoms with Crippen LogP contribution in [0.4, 0.5) is 0 Å². The number of hydrogen-bond donors (Lipinski definition) is 1. The highest BCUT2D eigenvalue weighted by Crippen LogP contribution is 1.97. The molecule has 0 saturated carbocycles. The van der Waals surface area contributed by atoms with Gasteiger partial charge in [0.1, 0.15) is 0 Å². The van der Waals surface area contributed by atoms with Crippen molar-refractivity contribution in [2.24, 2.45) is 5.73 Å². The zero-order chi connectivity index (χ0) is 6.57. The van der Waals surface area contributed by atoms with Crippen LogP contribution in [0.1, 0.15) is 27.2 Å². The molecular formula is C7H15N. The van der Waals surface area contributed by atoms with Crippen LogP contribution in [0.25, 0.3) is 0 Å². The molecule has 0 radical (unpaired) electrons. The molecule has 48 valence electrons. The molecule has 2 N–H and O–H groups in total. The molecule has 1 atom stereocenters. The molecule has 0 aliphatic heterocycles. The van der Waals surface area contributed by atoms with Crippen molar-refractivity contribution >= 4 is 0 Å². The Bertz CT molecular complexity index is 82.4. The topological polar surface area (TPSA) is 26.0 Å². The Morgan fingerprint density at radius 2 is 2.25 bits per heavy atom. The van der Waals surface area contributed by atoms with Crippen molar-refractivity contribution in [3.05, 3.63) is 11.6 Å². The van der Waals surface area contributed by atoms with Crippen LogP contribution in [-0.2, 0) is 0 Å². The lowest BCUT2D eigenvalue weighted by molar-refractivity contribution is 0.852. The van der Waals surface area contributed by atoms with Gasteiger partial charge in [0.2, 0.25) is 0 Å². The summed E-state index contributed by atoms with van der Waals surface area (Å²) >= 11 is 0. The molecule has 8 heavy (non-hydrogen) atoms. The molecule has 0 amide bonds. The third-order valence-corrected chi connectivity index (χ3v) is 1.24. The minimum Gasteiger partial charge on any atom is -0.324 e. The Labute approximate surface area is 51.6 Å². The number of nitrogens with two attached hydrogens (primary N) is 1. The lowest BCUT2D eigenvalue weighted by atomic mass is 10.1. The van der Waals surface area contributed by atoms with Crippen molar-refractivity contribution in [3.8, 4) is 0 Å². The first kappa shape index (κ1) is 7.70. The Morgan fingerprint density at radius 1 is 1.75 bits per heavy atom. The minimum atomic E-state index is 0.231. The van der Waals surface area contributed by atoms with Crippen LogP contribution in [0.3, 0.4) is 0 Å².